The summed E-state index contributed by atoms with van der Waals surface area (Å²) in [7, 11) is 0. The van der Waals surface area contributed by atoms with Crippen LogP contribution in [0.5, 0.6) is 11.5 Å². The lowest BCUT2D eigenvalue weighted by atomic mass is 10.1. The van der Waals surface area contributed by atoms with E-state index < -0.39 is 5.97 Å². The summed E-state index contributed by atoms with van der Waals surface area (Å²) in [5, 5.41) is 26.3. The average molecular weight is 323 g/mol. The fraction of sp³-hybridized carbons (Fsp3) is 0.467. The molecule has 2 fully saturated rings. The van der Waals surface area contributed by atoms with Crippen LogP contribution in [-0.2, 0) is 4.79 Å². The van der Waals surface area contributed by atoms with Crippen LogP contribution in [0.15, 0.2) is 18.2 Å². The van der Waals surface area contributed by atoms with Gasteiger partial charge >= 0.3 is 5.97 Å². The maximum atomic E-state index is 12.3. The van der Waals surface area contributed by atoms with E-state index in [1.165, 1.54) is 18.2 Å². The fourth-order valence-corrected chi connectivity index (χ4v) is 2.82. The maximum Gasteiger partial charge on any atom is 0.343 e. The Morgan fingerprint density at radius 2 is 2.17 bits per heavy atom. The van der Waals surface area contributed by atoms with Crippen molar-refractivity contribution < 1.29 is 29.6 Å². The maximum absolute atomic E-state index is 12.3. The molecule has 4 N–H and O–H groups in total. The van der Waals surface area contributed by atoms with E-state index in [0.717, 1.165) is 0 Å². The van der Waals surface area contributed by atoms with Crippen molar-refractivity contribution in [3.8, 4) is 11.5 Å². The number of rotatable bonds is 5. The summed E-state index contributed by atoms with van der Waals surface area (Å²) in [6, 6.07) is 3.89. The number of carboxylic acid groups (broad SMARTS) is 1. The third kappa shape index (κ3) is 3.08. The fourth-order valence-electron chi connectivity index (χ4n) is 2.82. The molecular weight excluding hydrogens is 304 g/mol. The molecule has 1 aromatic carbocycles. The number of carbonyl (C=O) groups is 2. The second kappa shape index (κ2) is 6.05. The number of carbonyl (C=O) groups excluding carboxylic acids is 1. The highest BCUT2D eigenvalue weighted by Gasteiger charge is 2.38. The zero-order valence-corrected chi connectivity index (χ0v) is 12.3. The first-order chi connectivity index (χ1) is 11.5. The third-order valence-electron chi connectivity index (χ3n) is 4.06. The third-order valence-corrected chi connectivity index (χ3v) is 4.06. The van der Waals surface area contributed by atoms with E-state index in [-0.39, 0.29) is 41.2 Å². The highest BCUT2D eigenvalue weighted by atomic mass is 16.5. The number of likely N-dealkylation sites (tertiary alicyclic amines) is 1. The number of ether oxygens (including phenoxy) is 1. The summed E-state index contributed by atoms with van der Waals surface area (Å²) < 4.78 is 12.5. The number of aromatic hydroxyl groups is 1. The van der Waals surface area contributed by atoms with Gasteiger partial charge in [0.2, 0.25) is 7.34 Å². The molecule has 2 aliphatic rings. The largest absolute Gasteiger partial charge is 0.507 e. The number of aliphatic hydroxyl groups is 1. The summed E-state index contributed by atoms with van der Waals surface area (Å²) >= 11 is 0. The number of aliphatic hydroxyl groups excluding tert-OH is 1. The van der Waals surface area contributed by atoms with Gasteiger partial charge in [0.1, 0.15) is 23.2 Å². The van der Waals surface area contributed by atoms with Gasteiger partial charge in [0.25, 0.3) is 0 Å². The first kappa shape index (κ1) is 14.3. The lowest BCUT2D eigenvalue weighted by Crippen LogP contribution is -2.59. The van der Waals surface area contributed by atoms with Crippen LogP contribution in [-0.4, -0.2) is 71.4 Å². The van der Waals surface area contributed by atoms with Gasteiger partial charge in [-0.3, -0.25) is 4.79 Å². The predicted octanol–water partition coefficient (Wildman–Crippen LogP) is -0.597. The molecule has 0 saturated carbocycles. The Bertz CT molecular complexity index is 649. The van der Waals surface area contributed by atoms with E-state index in [0.29, 0.717) is 26.1 Å². The second-order valence-corrected chi connectivity index (χ2v) is 5.76. The van der Waals surface area contributed by atoms with Crippen molar-refractivity contribution in [1.82, 2.24) is 10.2 Å². The van der Waals surface area contributed by atoms with Crippen molar-refractivity contribution in [3.05, 3.63) is 23.8 Å². The standard InChI is InChI=1S/C15H18N2O6/c18-8-4-10(16-5-8)14(20)17-6-9(7-17)23-12-3-1-2-11(19)13(12)15(21)22/h1-3,8-10,16,18-19H,4-7H2,(H,21,22)/t8-,10-/m0/s1/i18D. The summed E-state index contributed by atoms with van der Waals surface area (Å²) in [5.41, 5.74) is -0.282. The molecule has 2 saturated heterocycles. The van der Waals surface area contributed by atoms with Gasteiger partial charge in [0.15, 0.2) is 0 Å². The Kier molecular flexibility index (Phi) is 3.76. The molecular formula is C15H18N2O6. The molecule has 0 unspecified atom stereocenters. The monoisotopic (exact) mass is 323 g/mol. The van der Waals surface area contributed by atoms with Crippen molar-refractivity contribution in [2.75, 3.05) is 19.6 Å². The van der Waals surface area contributed by atoms with Crippen LogP contribution in [0.4, 0.5) is 0 Å². The van der Waals surface area contributed by atoms with E-state index in [1.54, 1.807) is 4.90 Å². The minimum atomic E-state index is -1.27. The first-order valence-corrected chi connectivity index (χ1v) is 7.35. The van der Waals surface area contributed by atoms with Crippen molar-refractivity contribution in [1.29, 1.82) is 1.43 Å². The Labute approximate surface area is 133 Å². The van der Waals surface area contributed by atoms with Gasteiger partial charge in [-0.15, -0.1) is 0 Å². The van der Waals surface area contributed by atoms with Gasteiger partial charge in [-0.25, -0.2) is 4.79 Å². The van der Waals surface area contributed by atoms with E-state index >= 15 is 0 Å². The molecule has 0 aromatic heterocycles. The van der Waals surface area contributed by atoms with E-state index in [9.17, 15) is 14.7 Å². The van der Waals surface area contributed by atoms with E-state index in [4.69, 9.17) is 11.3 Å². The quantitative estimate of drug-likeness (QED) is 0.571. The Hall–Kier alpha value is -2.32. The van der Waals surface area contributed by atoms with Gasteiger partial charge in [0, 0.05) is 6.54 Å². The van der Waals surface area contributed by atoms with Gasteiger partial charge in [-0.05, 0) is 18.6 Å². The van der Waals surface area contributed by atoms with E-state index in [1.807, 2.05) is 0 Å². The molecule has 2 atom stereocenters. The Balaban J connectivity index is 1.55. The number of hydrogen-bond donors (Lipinski definition) is 4. The zero-order chi connectivity index (χ0) is 17.3. The molecule has 8 nitrogen and oxygen atoms in total. The zero-order valence-electron chi connectivity index (χ0n) is 13.3. The van der Waals surface area contributed by atoms with Gasteiger partial charge in [-0.2, -0.15) is 0 Å². The molecule has 0 radical (unpaired) electrons. The van der Waals surface area contributed by atoms with Crippen molar-refractivity contribution in [3.63, 3.8) is 0 Å². The first-order valence-electron chi connectivity index (χ1n) is 7.76. The molecule has 2 heterocycles. The number of hydrogen-bond acceptors (Lipinski definition) is 6. The van der Waals surface area contributed by atoms with Crippen molar-refractivity contribution >= 4 is 11.9 Å². The number of benzene rings is 1. The predicted molar refractivity (Wildman–Crippen MR) is 78.5 cm³/mol. The molecule has 0 aliphatic carbocycles. The topological polar surface area (TPSA) is 119 Å². The number of aromatic carboxylic acids is 1. The average Bonchev–Trinajstić information content (AvgIpc) is 2.98. The van der Waals surface area contributed by atoms with E-state index in [2.05, 4.69) is 10.4 Å². The SMILES string of the molecule is [2H]O[C@@H]1CN[C@H](C(=O)N2CC(Oc3cccc(O)c3C(=O)O)C2)C1. The minimum Gasteiger partial charge on any atom is -0.507 e. The second-order valence-electron chi connectivity index (χ2n) is 5.76. The minimum absolute atomic E-state index is 0.0798. The molecule has 0 bridgehead atoms. The van der Waals surface area contributed by atoms with Crippen LogP contribution < -0.4 is 10.1 Å². The Morgan fingerprint density at radius 3 is 2.83 bits per heavy atom. The molecule has 8 heteroatoms. The van der Waals surface area contributed by atoms with Crippen LogP contribution in [0.2, 0.25) is 0 Å². The number of amides is 1. The molecule has 3 rings (SSSR count). The van der Waals surface area contributed by atoms with Crippen LogP contribution in [0.1, 0.15) is 16.8 Å². The smallest absolute Gasteiger partial charge is 0.343 e. The molecule has 2 aliphatic heterocycles. The molecule has 1 amide bonds. The van der Waals surface area contributed by atoms with Gasteiger partial charge in [-0.1, -0.05) is 6.07 Å². The summed E-state index contributed by atoms with van der Waals surface area (Å²) in [6.07, 6.45) is -0.142. The number of nitrogens with zero attached hydrogens (tertiary/aromatic N) is 1. The van der Waals surface area contributed by atoms with Crippen molar-refractivity contribution in [2.45, 2.75) is 24.7 Å². The van der Waals surface area contributed by atoms with Crippen LogP contribution >= 0.6 is 0 Å². The number of carboxylic acids is 1. The highest BCUT2D eigenvalue weighted by Crippen LogP contribution is 2.29. The molecule has 23 heavy (non-hydrogen) atoms. The molecule has 124 valence electrons. The lowest BCUT2D eigenvalue weighted by Gasteiger charge is -2.40. The summed E-state index contributed by atoms with van der Waals surface area (Å²) in [4.78, 5) is 25.1. The van der Waals surface area contributed by atoms with Gasteiger partial charge in [0.05, 0.1) is 25.2 Å². The van der Waals surface area contributed by atoms with Crippen molar-refractivity contribution in [2.24, 2.45) is 0 Å². The normalized spacial score (nSPS) is 24.9. The number of phenols is 1. The van der Waals surface area contributed by atoms with Gasteiger partial charge < -0.3 is 30.3 Å². The highest BCUT2D eigenvalue weighted by molar-refractivity contribution is 5.94. The van der Waals surface area contributed by atoms with Crippen LogP contribution in [0, 0.1) is 0 Å². The summed E-state index contributed by atoms with van der Waals surface area (Å²) in [6.45, 7) is 1.16. The summed E-state index contributed by atoms with van der Waals surface area (Å²) in [5.74, 6) is -1.62. The molecule has 0 spiro atoms. The Morgan fingerprint density at radius 1 is 1.39 bits per heavy atom. The number of nitrogens with one attached hydrogen (secondary N) is 1. The molecule has 1 aromatic rings. The van der Waals surface area contributed by atoms with Crippen LogP contribution in [0.25, 0.3) is 0 Å². The lowest BCUT2D eigenvalue weighted by molar-refractivity contribution is -0.142. The number of β-amino-alcohol motifs (C(OH)–C–C–N with tert-alkyl or cyclic N) is 1. The van der Waals surface area contributed by atoms with Crippen LogP contribution in [0.3, 0.4) is 0 Å².